The monoisotopic (exact) mass is 299 g/mol. The number of hydrogen-bond acceptors (Lipinski definition) is 3. The summed E-state index contributed by atoms with van der Waals surface area (Å²) in [5, 5.41) is 0. The lowest BCUT2D eigenvalue weighted by Crippen LogP contribution is -2.35. The number of nitrogens with zero attached hydrogens (tertiary/aromatic N) is 1. The zero-order chi connectivity index (χ0) is 15.4. The molecular weight excluding hydrogens is 274 g/mol. The number of allylic oxidation sites excluding steroid dienone is 3. The predicted molar refractivity (Wildman–Crippen MR) is 88.3 cm³/mol. The maximum absolute atomic E-state index is 6.28. The molecule has 118 valence electrons. The largest absolute Gasteiger partial charge is 0.381 e. The van der Waals surface area contributed by atoms with Crippen molar-refractivity contribution in [1.82, 2.24) is 4.90 Å². The van der Waals surface area contributed by atoms with Gasteiger partial charge in [0.15, 0.2) is 0 Å². The maximum atomic E-state index is 6.28. The Balaban J connectivity index is 1.99. The molecule has 3 heteroatoms. The van der Waals surface area contributed by atoms with E-state index in [4.69, 9.17) is 9.47 Å². The fourth-order valence-corrected chi connectivity index (χ4v) is 3.15. The molecule has 1 aromatic carbocycles. The fraction of sp³-hybridized carbons (Fsp3) is 0.474. The molecule has 1 aliphatic carbocycles. The lowest BCUT2D eigenvalue weighted by Gasteiger charge is -2.37. The third kappa shape index (κ3) is 2.96. The Hall–Kier alpha value is -1.58. The van der Waals surface area contributed by atoms with Gasteiger partial charge in [0.05, 0.1) is 13.2 Å². The molecule has 3 nitrogen and oxygen atoms in total. The van der Waals surface area contributed by atoms with Gasteiger partial charge in [-0.1, -0.05) is 36.4 Å². The van der Waals surface area contributed by atoms with Crippen molar-refractivity contribution in [2.24, 2.45) is 0 Å². The van der Waals surface area contributed by atoms with E-state index in [1.165, 1.54) is 11.3 Å². The molecule has 0 radical (unpaired) electrons. The van der Waals surface area contributed by atoms with Crippen molar-refractivity contribution >= 4 is 0 Å². The Morgan fingerprint density at radius 3 is 2.14 bits per heavy atom. The molecule has 0 unspecified atom stereocenters. The van der Waals surface area contributed by atoms with Crippen LogP contribution in [0.3, 0.4) is 0 Å². The van der Waals surface area contributed by atoms with Crippen LogP contribution in [0.2, 0.25) is 0 Å². The molecule has 0 spiro atoms. The Morgan fingerprint density at radius 1 is 0.909 bits per heavy atom. The van der Waals surface area contributed by atoms with Crippen LogP contribution < -0.4 is 0 Å². The predicted octanol–water partition coefficient (Wildman–Crippen LogP) is 3.83. The molecule has 0 aromatic heterocycles. The first-order valence-corrected chi connectivity index (χ1v) is 8.13. The minimum Gasteiger partial charge on any atom is -0.381 e. The Kier molecular flexibility index (Phi) is 4.65. The van der Waals surface area contributed by atoms with E-state index in [1.54, 1.807) is 0 Å². The molecule has 1 saturated heterocycles. The van der Waals surface area contributed by atoms with Crippen molar-refractivity contribution in [3.63, 3.8) is 0 Å². The van der Waals surface area contributed by atoms with Gasteiger partial charge in [-0.2, -0.15) is 0 Å². The van der Waals surface area contributed by atoms with E-state index in [0.717, 1.165) is 44.5 Å². The number of benzene rings is 1. The SMILES string of the molecule is CN(C)C1=CC=C(C2(c3ccccc3)OCCCCO2)CC1. The summed E-state index contributed by atoms with van der Waals surface area (Å²) in [5.41, 5.74) is 3.68. The van der Waals surface area contributed by atoms with Crippen LogP contribution in [0, 0.1) is 0 Å². The summed E-state index contributed by atoms with van der Waals surface area (Å²) in [4.78, 5) is 2.18. The molecule has 0 N–H and O–H groups in total. The van der Waals surface area contributed by atoms with E-state index < -0.39 is 5.79 Å². The first-order chi connectivity index (χ1) is 10.7. The molecule has 0 saturated carbocycles. The molecule has 2 aliphatic rings. The van der Waals surface area contributed by atoms with Gasteiger partial charge in [0.1, 0.15) is 0 Å². The number of rotatable bonds is 3. The van der Waals surface area contributed by atoms with Gasteiger partial charge in [-0.05, 0) is 37.3 Å². The van der Waals surface area contributed by atoms with Crippen LogP contribution >= 0.6 is 0 Å². The number of hydrogen-bond donors (Lipinski definition) is 0. The molecule has 1 aromatic rings. The van der Waals surface area contributed by atoms with Crippen molar-refractivity contribution in [3.05, 3.63) is 59.3 Å². The van der Waals surface area contributed by atoms with Crippen LogP contribution in [0.5, 0.6) is 0 Å². The van der Waals surface area contributed by atoms with E-state index in [-0.39, 0.29) is 0 Å². The molecule has 1 aliphatic heterocycles. The zero-order valence-electron chi connectivity index (χ0n) is 13.5. The minimum atomic E-state index is -0.702. The van der Waals surface area contributed by atoms with E-state index in [1.807, 2.05) is 6.07 Å². The average molecular weight is 299 g/mol. The normalized spacial score (nSPS) is 21.5. The highest BCUT2D eigenvalue weighted by atomic mass is 16.7. The summed E-state index contributed by atoms with van der Waals surface area (Å²) in [6.07, 6.45) is 8.50. The molecule has 3 rings (SSSR count). The second-order valence-corrected chi connectivity index (χ2v) is 6.13. The van der Waals surface area contributed by atoms with E-state index in [2.05, 4.69) is 55.4 Å². The Labute approximate surface area is 133 Å². The Morgan fingerprint density at radius 2 is 1.59 bits per heavy atom. The van der Waals surface area contributed by atoms with Gasteiger partial charge < -0.3 is 14.4 Å². The highest BCUT2D eigenvalue weighted by Crippen LogP contribution is 2.41. The zero-order valence-corrected chi connectivity index (χ0v) is 13.5. The summed E-state index contributed by atoms with van der Waals surface area (Å²) < 4.78 is 12.6. The second kappa shape index (κ2) is 6.67. The third-order valence-electron chi connectivity index (χ3n) is 4.43. The first-order valence-electron chi connectivity index (χ1n) is 8.13. The lowest BCUT2D eigenvalue weighted by atomic mass is 9.89. The van der Waals surface area contributed by atoms with Gasteiger partial charge in [0.2, 0.25) is 5.79 Å². The van der Waals surface area contributed by atoms with Crippen LogP contribution in [0.4, 0.5) is 0 Å². The molecule has 1 fully saturated rings. The summed E-state index contributed by atoms with van der Waals surface area (Å²) in [6, 6.07) is 10.4. The van der Waals surface area contributed by atoms with Gasteiger partial charge >= 0.3 is 0 Å². The van der Waals surface area contributed by atoms with E-state index in [9.17, 15) is 0 Å². The molecule has 22 heavy (non-hydrogen) atoms. The van der Waals surface area contributed by atoms with Gasteiger partial charge in [-0.15, -0.1) is 0 Å². The van der Waals surface area contributed by atoms with Crippen LogP contribution in [-0.2, 0) is 15.3 Å². The fourth-order valence-electron chi connectivity index (χ4n) is 3.15. The van der Waals surface area contributed by atoms with Gasteiger partial charge in [0.25, 0.3) is 0 Å². The van der Waals surface area contributed by atoms with Crippen LogP contribution in [0.1, 0.15) is 31.2 Å². The van der Waals surface area contributed by atoms with Gasteiger partial charge in [0, 0.05) is 25.4 Å². The second-order valence-electron chi connectivity index (χ2n) is 6.13. The van der Waals surface area contributed by atoms with Crippen LogP contribution in [0.25, 0.3) is 0 Å². The summed E-state index contributed by atoms with van der Waals surface area (Å²) in [5.74, 6) is -0.702. The average Bonchev–Trinajstić information content (AvgIpc) is 2.83. The first kappa shape index (κ1) is 15.3. The molecular formula is C19H25NO2. The Bertz CT molecular complexity index is 552. The molecule has 0 amide bonds. The van der Waals surface area contributed by atoms with Crippen molar-refractivity contribution in [3.8, 4) is 0 Å². The third-order valence-corrected chi connectivity index (χ3v) is 4.43. The molecule has 1 heterocycles. The maximum Gasteiger partial charge on any atom is 0.218 e. The van der Waals surface area contributed by atoms with Gasteiger partial charge in [-0.25, -0.2) is 0 Å². The quantitative estimate of drug-likeness (QED) is 0.846. The standard InChI is InChI=1S/C19H25NO2/c1-20(2)18-12-10-17(11-13-18)19(16-8-4-3-5-9-16)21-14-6-7-15-22-19/h3-5,8-10,12H,6-7,11,13-15H2,1-2H3. The minimum absolute atomic E-state index is 0.702. The summed E-state index contributed by atoms with van der Waals surface area (Å²) >= 11 is 0. The highest BCUT2D eigenvalue weighted by Gasteiger charge is 2.40. The van der Waals surface area contributed by atoms with Gasteiger partial charge in [-0.3, -0.25) is 0 Å². The summed E-state index contributed by atoms with van der Waals surface area (Å²) in [7, 11) is 4.19. The molecule has 0 bridgehead atoms. The van der Waals surface area contributed by atoms with Crippen LogP contribution in [0.15, 0.2) is 53.8 Å². The highest BCUT2D eigenvalue weighted by molar-refractivity contribution is 5.35. The van der Waals surface area contributed by atoms with Crippen molar-refractivity contribution in [2.75, 3.05) is 27.3 Å². The van der Waals surface area contributed by atoms with Crippen LogP contribution in [-0.4, -0.2) is 32.2 Å². The van der Waals surface area contributed by atoms with E-state index >= 15 is 0 Å². The number of ether oxygens (including phenoxy) is 2. The summed E-state index contributed by atoms with van der Waals surface area (Å²) in [6.45, 7) is 1.49. The smallest absolute Gasteiger partial charge is 0.218 e. The van der Waals surface area contributed by atoms with E-state index in [0.29, 0.717) is 0 Å². The van der Waals surface area contributed by atoms with Crippen molar-refractivity contribution in [1.29, 1.82) is 0 Å². The van der Waals surface area contributed by atoms with Crippen molar-refractivity contribution < 1.29 is 9.47 Å². The topological polar surface area (TPSA) is 21.7 Å². The lowest BCUT2D eigenvalue weighted by molar-refractivity contribution is -0.209. The molecule has 0 atom stereocenters. The van der Waals surface area contributed by atoms with Crippen molar-refractivity contribution in [2.45, 2.75) is 31.5 Å².